The lowest BCUT2D eigenvalue weighted by Gasteiger charge is -2.32. The molecule has 1 aromatic carbocycles. The van der Waals surface area contributed by atoms with Crippen LogP contribution in [-0.4, -0.2) is 52.5 Å². The fourth-order valence-electron chi connectivity index (χ4n) is 3.10. The quantitative estimate of drug-likeness (QED) is 0.859. The zero-order valence-electron chi connectivity index (χ0n) is 13.6. The minimum atomic E-state index is -0.458. The summed E-state index contributed by atoms with van der Waals surface area (Å²) in [5, 5.41) is 17.3. The summed E-state index contributed by atoms with van der Waals surface area (Å²) in [4.78, 5) is 2.32. The van der Waals surface area contributed by atoms with Gasteiger partial charge in [-0.3, -0.25) is 5.10 Å². The number of aromatic nitrogens is 2. The summed E-state index contributed by atoms with van der Waals surface area (Å²) >= 11 is 0. The lowest BCUT2D eigenvalue weighted by molar-refractivity contribution is 0.0592. The molecule has 0 unspecified atom stereocenters. The monoisotopic (exact) mass is 315 g/mol. The van der Waals surface area contributed by atoms with E-state index in [4.69, 9.17) is 4.74 Å². The van der Waals surface area contributed by atoms with E-state index in [9.17, 15) is 5.11 Å². The summed E-state index contributed by atoms with van der Waals surface area (Å²) in [7, 11) is 0. The molecule has 2 aromatic rings. The highest BCUT2D eigenvalue weighted by Gasteiger charge is 2.23. The Morgan fingerprint density at radius 2 is 2.00 bits per heavy atom. The molecule has 5 nitrogen and oxygen atoms in total. The standard InChI is InChI=1S/C18H25N3O2/c1-14-2-4-17(5-3-14)23-13-16(22)12-21-10-7-15(8-11-21)18-6-9-19-20-18/h2-6,9,15-16,22H,7-8,10-13H2,1H3,(H,19,20)/t16-/m1/s1. The van der Waals surface area contributed by atoms with E-state index in [1.54, 1.807) is 0 Å². The summed E-state index contributed by atoms with van der Waals surface area (Å²) < 4.78 is 5.65. The molecule has 3 rings (SSSR count). The van der Waals surface area contributed by atoms with Crippen molar-refractivity contribution in [3.63, 3.8) is 0 Å². The number of nitrogens with one attached hydrogen (secondary N) is 1. The number of ether oxygens (including phenoxy) is 1. The van der Waals surface area contributed by atoms with Gasteiger partial charge in [-0.25, -0.2) is 0 Å². The molecular formula is C18H25N3O2. The maximum absolute atomic E-state index is 10.2. The van der Waals surface area contributed by atoms with Crippen LogP contribution < -0.4 is 4.74 Å². The van der Waals surface area contributed by atoms with Crippen molar-refractivity contribution < 1.29 is 9.84 Å². The number of piperidine rings is 1. The van der Waals surface area contributed by atoms with Gasteiger partial charge in [-0.1, -0.05) is 17.7 Å². The number of nitrogens with zero attached hydrogens (tertiary/aromatic N) is 2. The molecule has 5 heteroatoms. The number of benzene rings is 1. The third kappa shape index (κ3) is 4.56. The van der Waals surface area contributed by atoms with E-state index in [0.717, 1.165) is 31.7 Å². The van der Waals surface area contributed by atoms with Crippen LogP contribution >= 0.6 is 0 Å². The molecule has 0 spiro atoms. The van der Waals surface area contributed by atoms with Gasteiger partial charge in [0.2, 0.25) is 0 Å². The molecule has 1 aliphatic rings. The molecule has 0 amide bonds. The zero-order chi connectivity index (χ0) is 16.1. The van der Waals surface area contributed by atoms with Crippen molar-refractivity contribution in [3.05, 3.63) is 47.8 Å². The normalized spacial score (nSPS) is 18.0. The van der Waals surface area contributed by atoms with E-state index < -0.39 is 6.10 Å². The molecule has 0 bridgehead atoms. The Labute approximate surface area is 137 Å². The number of aryl methyl sites for hydroxylation is 1. The first kappa shape index (κ1) is 16.0. The van der Waals surface area contributed by atoms with Crippen LogP contribution in [0.2, 0.25) is 0 Å². The Kier molecular flexibility index (Phi) is 5.31. The van der Waals surface area contributed by atoms with E-state index in [-0.39, 0.29) is 0 Å². The van der Waals surface area contributed by atoms with Crippen molar-refractivity contribution in [1.29, 1.82) is 0 Å². The number of hydrogen-bond acceptors (Lipinski definition) is 4. The van der Waals surface area contributed by atoms with Crippen molar-refractivity contribution in [2.75, 3.05) is 26.2 Å². The Bertz CT molecular complexity index is 575. The average molecular weight is 315 g/mol. The van der Waals surface area contributed by atoms with Crippen LogP contribution in [0.5, 0.6) is 5.75 Å². The molecule has 1 saturated heterocycles. The number of aromatic amines is 1. The van der Waals surface area contributed by atoms with Crippen LogP contribution in [-0.2, 0) is 0 Å². The fraction of sp³-hybridized carbons (Fsp3) is 0.500. The Morgan fingerprint density at radius 3 is 2.65 bits per heavy atom. The Morgan fingerprint density at radius 1 is 1.26 bits per heavy atom. The summed E-state index contributed by atoms with van der Waals surface area (Å²) in [6, 6.07) is 9.98. The summed E-state index contributed by atoms with van der Waals surface area (Å²) in [6.45, 7) is 5.06. The van der Waals surface area contributed by atoms with E-state index in [0.29, 0.717) is 19.1 Å². The Balaban J connectivity index is 1.39. The second-order valence-corrected chi connectivity index (χ2v) is 6.36. The molecule has 0 aliphatic carbocycles. The smallest absolute Gasteiger partial charge is 0.119 e. The van der Waals surface area contributed by atoms with Gasteiger partial charge in [0.1, 0.15) is 18.5 Å². The fourth-order valence-corrected chi connectivity index (χ4v) is 3.10. The topological polar surface area (TPSA) is 61.4 Å². The van der Waals surface area contributed by atoms with E-state index >= 15 is 0 Å². The van der Waals surface area contributed by atoms with Crippen molar-refractivity contribution in [2.45, 2.75) is 31.8 Å². The molecule has 124 valence electrons. The lowest BCUT2D eigenvalue weighted by Crippen LogP contribution is -2.40. The summed E-state index contributed by atoms with van der Waals surface area (Å²) in [5.41, 5.74) is 2.44. The molecule has 23 heavy (non-hydrogen) atoms. The third-order valence-electron chi connectivity index (χ3n) is 4.48. The van der Waals surface area contributed by atoms with Crippen molar-refractivity contribution in [3.8, 4) is 5.75 Å². The number of β-amino-alcohol motifs (C(OH)–C–C–N with tert-alkyl or cyclic N) is 1. The van der Waals surface area contributed by atoms with Gasteiger partial charge >= 0.3 is 0 Å². The van der Waals surface area contributed by atoms with Crippen LogP contribution in [0, 0.1) is 6.92 Å². The van der Waals surface area contributed by atoms with Crippen molar-refractivity contribution >= 4 is 0 Å². The minimum absolute atomic E-state index is 0.337. The predicted molar refractivity (Wildman–Crippen MR) is 89.7 cm³/mol. The molecular weight excluding hydrogens is 290 g/mol. The minimum Gasteiger partial charge on any atom is -0.491 e. The third-order valence-corrected chi connectivity index (χ3v) is 4.48. The average Bonchev–Trinajstić information content (AvgIpc) is 3.09. The SMILES string of the molecule is Cc1ccc(OC[C@H](O)CN2CCC(c3ccn[nH]3)CC2)cc1. The second-order valence-electron chi connectivity index (χ2n) is 6.36. The molecule has 2 N–H and O–H groups in total. The van der Waals surface area contributed by atoms with E-state index in [2.05, 4.69) is 21.2 Å². The maximum Gasteiger partial charge on any atom is 0.119 e. The van der Waals surface area contributed by atoms with Crippen LogP contribution in [0.4, 0.5) is 0 Å². The van der Waals surface area contributed by atoms with Crippen LogP contribution in [0.1, 0.15) is 30.0 Å². The first-order valence-corrected chi connectivity index (χ1v) is 8.30. The Hall–Kier alpha value is -1.85. The highest BCUT2D eigenvalue weighted by molar-refractivity contribution is 5.26. The first-order chi connectivity index (χ1) is 11.2. The van der Waals surface area contributed by atoms with Gasteiger partial charge < -0.3 is 14.7 Å². The lowest BCUT2D eigenvalue weighted by atomic mass is 9.93. The van der Waals surface area contributed by atoms with Gasteiger partial charge in [-0.15, -0.1) is 0 Å². The summed E-state index contributed by atoms with van der Waals surface area (Å²) in [5.74, 6) is 1.38. The summed E-state index contributed by atoms with van der Waals surface area (Å²) in [6.07, 6.45) is 3.56. The number of rotatable bonds is 6. The second kappa shape index (κ2) is 7.62. The number of likely N-dealkylation sites (tertiary alicyclic amines) is 1. The van der Waals surface area contributed by atoms with Crippen LogP contribution in [0.25, 0.3) is 0 Å². The van der Waals surface area contributed by atoms with Gasteiger partial charge in [0.05, 0.1) is 0 Å². The van der Waals surface area contributed by atoms with E-state index in [1.807, 2.05) is 37.4 Å². The van der Waals surface area contributed by atoms with Crippen LogP contribution in [0.3, 0.4) is 0 Å². The zero-order valence-corrected chi connectivity index (χ0v) is 13.6. The van der Waals surface area contributed by atoms with Gasteiger partial charge in [0.15, 0.2) is 0 Å². The molecule has 1 fully saturated rings. The number of aliphatic hydroxyl groups is 1. The predicted octanol–water partition coefficient (Wildman–Crippen LogP) is 2.34. The van der Waals surface area contributed by atoms with Crippen molar-refractivity contribution in [1.82, 2.24) is 15.1 Å². The molecule has 2 heterocycles. The molecule has 1 atom stereocenters. The van der Waals surface area contributed by atoms with Gasteiger partial charge in [0.25, 0.3) is 0 Å². The van der Waals surface area contributed by atoms with E-state index in [1.165, 1.54) is 11.3 Å². The number of H-pyrrole nitrogens is 1. The molecule has 0 radical (unpaired) electrons. The molecule has 1 aromatic heterocycles. The van der Waals surface area contributed by atoms with Crippen molar-refractivity contribution in [2.24, 2.45) is 0 Å². The highest BCUT2D eigenvalue weighted by Crippen LogP contribution is 2.26. The number of hydrogen-bond donors (Lipinski definition) is 2. The molecule has 1 aliphatic heterocycles. The molecule has 0 saturated carbocycles. The van der Waals surface area contributed by atoms with Gasteiger partial charge in [-0.2, -0.15) is 5.10 Å². The largest absolute Gasteiger partial charge is 0.491 e. The first-order valence-electron chi connectivity index (χ1n) is 8.30. The number of aliphatic hydroxyl groups excluding tert-OH is 1. The maximum atomic E-state index is 10.2. The van der Waals surface area contributed by atoms with Crippen LogP contribution in [0.15, 0.2) is 36.5 Å². The van der Waals surface area contributed by atoms with Gasteiger partial charge in [0, 0.05) is 24.4 Å². The van der Waals surface area contributed by atoms with Gasteiger partial charge in [-0.05, 0) is 51.1 Å². The highest BCUT2D eigenvalue weighted by atomic mass is 16.5.